The molecular formula is C46H48N4O2. The van der Waals surface area contributed by atoms with Gasteiger partial charge in [-0.3, -0.25) is 0 Å². The van der Waals surface area contributed by atoms with Crippen LogP contribution in [0, 0.1) is 22.7 Å². The minimum atomic E-state index is 0.00930. The van der Waals surface area contributed by atoms with Crippen molar-refractivity contribution in [3.8, 4) is 45.9 Å². The summed E-state index contributed by atoms with van der Waals surface area (Å²) < 4.78 is 13.1. The van der Waals surface area contributed by atoms with E-state index in [4.69, 9.17) is 20.0 Å². The van der Waals surface area contributed by atoms with Gasteiger partial charge in [-0.1, -0.05) is 36.4 Å². The lowest BCUT2D eigenvalue weighted by Crippen LogP contribution is -2.39. The molecule has 4 fully saturated rings. The van der Waals surface area contributed by atoms with E-state index in [9.17, 15) is 0 Å². The number of nitrogens with zero attached hydrogens (tertiary/aromatic N) is 4. The zero-order valence-corrected chi connectivity index (χ0v) is 30.2. The Hall–Kier alpha value is -4.62. The summed E-state index contributed by atoms with van der Waals surface area (Å²) in [6.07, 6.45) is 14.7. The van der Waals surface area contributed by atoms with Crippen molar-refractivity contribution in [2.75, 3.05) is 26.2 Å². The summed E-state index contributed by atoms with van der Waals surface area (Å²) in [4.78, 5) is 5.37. The molecule has 6 aliphatic heterocycles. The van der Waals surface area contributed by atoms with Gasteiger partial charge in [0.1, 0.15) is 22.7 Å². The molecule has 4 atom stereocenters. The van der Waals surface area contributed by atoms with E-state index >= 15 is 0 Å². The number of hydrogen-bond acceptors (Lipinski definition) is 6. The van der Waals surface area contributed by atoms with Gasteiger partial charge in [-0.15, -0.1) is 0 Å². The molecule has 4 aromatic rings. The van der Waals surface area contributed by atoms with Crippen molar-refractivity contribution in [1.29, 1.82) is 10.5 Å². The zero-order chi connectivity index (χ0) is 35.1. The normalized spacial score (nSPS) is 27.4. The molecular weight excluding hydrogens is 641 g/mol. The molecule has 10 rings (SSSR count). The second kappa shape index (κ2) is 13.7. The Morgan fingerprint density at radius 2 is 1.04 bits per heavy atom. The number of hydrogen-bond donors (Lipinski definition) is 0. The molecule has 6 nitrogen and oxygen atoms in total. The average Bonchev–Trinajstić information content (AvgIpc) is 3.95. The largest absolute Gasteiger partial charge is 0.487 e. The van der Waals surface area contributed by atoms with Gasteiger partial charge < -0.3 is 19.3 Å². The lowest BCUT2D eigenvalue weighted by atomic mass is 9.86. The van der Waals surface area contributed by atoms with Crippen LogP contribution in [0.25, 0.3) is 22.3 Å². The molecule has 4 saturated heterocycles. The summed E-state index contributed by atoms with van der Waals surface area (Å²) in [6, 6.07) is 34.7. The van der Waals surface area contributed by atoms with E-state index in [0.29, 0.717) is 17.2 Å². The SMILES string of the molecule is N#Cc1ccc(-c2ccc3c(c2)CC2(CCC4CCCN4CC2)O3)cc1.N#Cc1ccc(-c2ccc3c(c2)CC2(CCCN4CCCC4C2)O3)cc1. The van der Waals surface area contributed by atoms with Gasteiger partial charge in [-0.25, -0.2) is 0 Å². The Bertz CT molecular complexity index is 2010. The molecule has 6 heterocycles. The molecule has 6 aliphatic rings. The van der Waals surface area contributed by atoms with E-state index in [1.807, 2.05) is 48.5 Å². The molecule has 0 aliphatic carbocycles. The van der Waals surface area contributed by atoms with Crippen molar-refractivity contribution >= 4 is 0 Å². The van der Waals surface area contributed by atoms with Crippen LogP contribution < -0.4 is 9.47 Å². The van der Waals surface area contributed by atoms with E-state index in [1.165, 1.54) is 106 Å². The van der Waals surface area contributed by atoms with Crippen LogP contribution >= 0.6 is 0 Å². The van der Waals surface area contributed by atoms with Crippen LogP contribution in [0.1, 0.15) is 86.5 Å². The lowest BCUT2D eigenvalue weighted by Gasteiger charge is -2.30. The first-order chi connectivity index (χ1) is 25.5. The van der Waals surface area contributed by atoms with Crippen molar-refractivity contribution in [2.45, 2.75) is 100 Å². The Kier molecular flexibility index (Phi) is 8.78. The van der Waals surface area contributed by atoms with Crippen molar-refractivity contribution in [1.82, 2.24) is 9.80 Å². The fourth-order valence-corrected chi connectivity index (χ4v) is 10.2. The van der Waals surface area contributed by atoms with Crippen molar-refractivity contribution < 1.29 is 9.47 Å². The number of benzene rings is 4. The Morgan fingerprint density at radius 1 is 0.519 bits per heavy atom. The topological polar surface area (TPSA) is 72.5 Å². The highest BCUT2D eigenvalue weighted by molar-refractivity contribution is 5.68. The quantitative estimate of drug-likeness (QED) is 0.209. The summed E-state index contributed by atoms with van der Waals surface area (Å²) in [6.45, 7) is 4.97. The molecule has 0 amide bonds. The number of ether oxygens (including phenoxy) is 2. The van der Waals surface area contributed by atoms with Crippen LogP contribution in [0.2, 0.25) is 0 Å². The summed E-state index contributed by atoms with van der Waals surface area (Å²) >= 11 is 0. The van der Waals surface area contributed by atoms with E-state index in [2.05, 4.69) is 58.3 Å². The van der Waals surface area contributed by atoms with Gasteiger partial charge in [0.15, 0.2) is 0 Å². The molecule has 0 radical (unpaired) electrons. The number of fused-ring (bicyclic) bond motifs is 4. The fraction of sp³-hybridized carbons (Fsp3) is 0.435. The molecule has 264 valence electrons. The monoisotopic (exact) mass is 688 g/mol. The van der Waals surface area contributed by atoms with Gasteiger partial charge in [0, 0.05) is 44.3 Å². The van der Waals surface area contributed by atoms with Crippen LogP contribution in [0.5, 0.6) is 11.5 Å². The molecule has 0 N–H and O–H groups in total. The summed E-state index contributed by atoms with van der Waals surface area (Å²) in [5.74, 6) is 2.15. The predicted octanol–water partition coefficient (Wildman–Crippen LogP) is 9.09. The molecule has 0 bridgehead atoms. The maximum absolute atomic E-state index is 8.98. The molecule has 2 spiro atoms. The third-order valence-corrected chi connectivity index (χ3v) is 13.0. The van der Waals surface area contributed by atoms with Crippen LogP contribution in [0.15, 0.2) is 84.9 Å². The Labute approximate surface area is 308 Å². The second-order valence-corrected chi connectivity index (χ2v) is 16.2. The first-order valence-corrected chi connectivity index (χ1v) is 19.6. The van der Waals surface area contributed by atoms with Gasteiger partial charge in [0.05, 0.1) is 23.3 Å². The Morgan fingerprint density at radius 3 is 1.65 bits per heavy atom. The molecule has 6 heteroatoms. The first-order valence-electron chi connectivity index (χ1n) is 19.6. The van der Waals surface area contributed by atoms with E-state index < -0.39 is 0 Å². The third-order valence-electron chi connectivity index (χ3n) is 13.0. The van der Waals surface area contributed by atoms with Gasteiger partial charge in [-0.05, 0) is 153 Å². The minimum Gasteiger partial charge on any atom is -0.487 e. The van der Waals surface area contributed by atoms with Crippen LogP contribution in [0.4, 0.5) is 0 Å². The summed E-state index contributed by atoms with van der Waals surface area (Å²) in [5.41, 5.74) is 8.86. The molecule has 0 saturated carbocycles. The predicted molar refractivity (Wildman–Crippen MR) is 204 cm³/mol. The number of rotatable bonds is 2. The minimum absolute atomic E-state index is 0.00930. The fourth-order valence-electron chi connectivity index (χ4n) is 10.2. The van der Waals surface area contributed by atoms with Gasteiger partial charge in [0.25, 0.3) is 0 Å². The standard InChI is InChI=1S/2C23H24N2O/c24-16-17-4-6-18(7-5-17)19-8-9-22-20(13-19)14-23(26-22)10-2-12-25-11-1-3-21(25)15-23;24-16-17-3-5-18(6-4-17)19-7-8-22-20(14-19)15-23(26-22)10-9-21-2-1-12-25(21)13-11-23/h4-9,13,21H,1-3,10-12,14-15H2;3-8,14,21H,1-2,9-13,15H2. The molecule has 0 aromatic heterocycles. The van der Waals surface area contributed by atoms with Gasteiger partial charge >= 0.3 is 0 Å². The maximum Gasteiger partial charge on any atom is 0.123 e. The lowest BCUT2D eigenvalue weighted by molar-refractivity contribution is 0.0649. The van der Waals surface area contributed by atoms with Crippen molar-refractivity contribution in [3.05, 3.63) is 107 Å². The van der Waals surface area contributed by atoms with E-state index in [-0.39, 0.29) is 11.2 Å². The molecule has 52 heavy (non-hydrogen) atoms. The highest BCUT2D eigenvalue weighted by Crippen LogP contribution is 2.46. The maximum atomic E-state index is 8.98. The average molecular weight is 689 g/mol. The highest BCUT2D eigenvalue weighted by atomic mass is 16.5. The molecule has 4 unspecified atom stereocenters. The summed E-state index contributed by atoms with van der Waals surface area (Å²) in [7, 11) is 0. The van der Waals surface area contributed by atoms with Crippen LogP contribution in [-0.2, 0) is 12.8 Å². The van der Waals surface area contributed by atoms with Crippen LogP contribution in [-0.4, -0.2) is 59.3 Å². The second-order valence-electron chi connectivity index (χ2n) is 16.2. The van der Waals surface area contributed by atoms with E-state index in [1.54, 1.807) is 0 Å². The third kappa shape index (κ3) is 6.49. The number of nitriles is 2. The van der Waals surface area contributed by atoms with Crippen molar-refractivity contribution in [2.24, 2.45) is 0 Å². The summed E-state index contributed by atoms with van der Waals surface area (Å²) in [5, 5.41) is 18.0. The zero-order valence-electron chi connectivity index (χ0n) is 30.2. The van der Waals surface area contributed by atoms with Crippen LogP contribution in [0.3, 0.4) is 0 Å². The van der Waals surface area contributed by atoms with Crippen molar-refractivity contribution in [3.63, 3.8) is 0 Å². The van der Waals surface area contributed by atoms with E-state index in [0.717, 1.165) is 47.9 Å². The smallest absolute Gasteiger partial charge is 0.123 e. The molecule has 4 aromatic carbocycles. The highest BCUT2D eigenvalue weighted by Gasteiger charge is 2.45. The first kappa shape index (κ1) is 33.2. The van der Waals surface area contributed by atoms with Gasteiger partial charge in [-0.2, -0.15) is 10.5 Å². The Balaban J connectivity index is 0.000000138. The van der Waals surface area contributed by atoms with Gasteiger partial charge in [0.2, 0.25) is 0 Å².